The lowest BCUT2D eigenvalue weighted by molar-refractivity contribution is 0.198. The molecule has 15 heavy (non-hydrogen) atoms. The molecule has 0 spiro atoms. The van der Waals surface area contributed by atoms with Crippen molar-refractivity contribution in [3.8, 4) is 0 Å². The van der Waals surface area contributed by atoms with E-state index in [-0.39, 0.29) is 11.9 Å². The summed E-state index contributed by atoms with van der Waals surface area (Å²) in [6, 6.07) is 0.761. The number of aromatic nitrogens is 2. The van der Waals surface area contributed by atoms with Crippen LogP contribution in [-0.4, -0.2) is 27.5 Å². The molecule has 4 heteroatoms. The van der Waals surface area contributed by atoms with Crippen molar-refractivity contribution in [1.82, 2.24) is 14.9 Å². The van der Waals surface area contributed by atoms with Crippen LogP contribution in [0.3, 0.4) is 0 Å². The van der Waals surface area contributed by atoms with Crippen LogP contribution >= 0.6 is 0 Å². The first kappa shape index (κ1) is 10.5. The van der Waals surface area contributed by atoms with Gasteiger partial charge >= 0.3 is 0 Å². The van der Waals surface area contributed by atoms with Gasteiger partial charge in [-0.3, -0.25) is 4.90 Å². The number of likely N-dealkylation sites (tertiary alicyclic amines) is 1. The predicted octanol–water partition coefficient (Wildman–Crippen LogP) is 2.16. The van der Waals surface area contributed by atoms with E-state index in [0.717, 1.165) is 18.8 Å². The summed E-state index contributed by atoms with van der Waals surface area (Å²) in [5.74, 6) is 0.385. The fourth-order valence-electron chi connectivity index (χ4n) is 2.18. The van der Waals surface area contributed by atoms with E-state index >= 15 is 0 Å². The summed E-state index contributed by atoms with van der Waals surface area (Å²) in [6.07, 6.45) is 4.74. The standard InChI is InChI=1S/C11H16FN3/c1-8(2)15-5-3-4-10(15)11-13-6-9(12)7-14-11/h6-8,10H,3-5H2,1-2H3/t10-/m0/s1. The molecule has 1 atom stereocenters. The molecule has 0 amide bonds. The molecule has 0 bridgehead atoms. The third-order valence-electron chi connectivity index (χ3n) is 2.90. The zero-order chi connectivity index (χ0) is 10.8. The number of nitrogens with zero attached hydrogens (tertiary/aromatic N) is 3. The third kappa shape index (κ3) is 2.15. The fourth-order valence-corrected chi connectivity index (χ4v) is 2.18. The molecule has 1 aromatic heterocycles. The number of halogens is 1. The maximum atomic E-state index is 12.7. The molecule has 1 aromatic rings. The first-order valence-electron chi connectivity index (χ1n) is 5.41. The van der Waals surface area contributed by atoms with Gasteiger partial charge in [0, 0.05) is 6.04 Å². The lowest BCUT2D eigenvalue weighted by atomic mass is 10.2. The minimum Gasteiger partial charge on any atom is -0.291 e. The number of hydrogen-bond acceptors (Lipinski definition) is 3. The quantitative estimate of drug-likeness (QED) is 0.747. The minimum absolute atomic E-state index is 0.269. The number of rotatable bonds is 2. The van der Waals surface area contributed by atoms with Gasteiger partial charge in [-0.15, -0.1) is 0 Å². The summed E-state index contributed by atoms with van der Waals surface area (Å²) < 4.78 is 12.7. The Morgan fingerprint density at radius 3 is 2.67 bits per heavy atom. The van der Waals surface area contributed by atoms with Gasteiger partial charge in [0.15, 0.2) is 5.82 Å². The number of hydrogen-bond donors (Lipinski definition) is 0. The summed E-state index contributed by atoms with van der Waals surface area (Å²) in [4.78, 5) is 10.5. The molecule has 0 aliphatic carbocycles. The highest BCUT2D eigenvalue weighted by Crippen LogP contribution is 2.31. The lowest BCUT2D eigenvalue weighted by Gasteiger charge is -2.26. The van der Waals surface area contributed by atoms with E-state index in [1.807, 2.05) is 0 Å². The summed E-state index contributed by atoms with van der Waals surface area (Å²) >= 11 is 0. The van der Waals surface area contributed by atoms with E-state index in [1.165, 1.54) is 18.8 Å². The van der Waals surface area contributed by atoms with Crippen LogP contribution in [0.25, 0.3) is 0 Å². The molecule has 0 radical (unpaired) electrons. The van der Waals surface area contributed by atoms with Crippen LogP contribution in [0.2, 0.25) is 0 Å². The van der Waals surface area contributed by atoms with E-state index in [2.05, 4.69) is 28.7 Å². The molecule has 1 aliphatic heterocycles. The van der Waals surface area contributed by atoms with Crippen molar-refractivity contribution in [2.24, 2.45) is 0 Å². The van der Waals surface area contributed by atoms with E-state index in [9.17, 15) is 4.39 Å². The van der Waals surface area contributed by atoms with E-state index in [4.69, 9.17) is 0 Å². The SMILES string of the molecule is CC(C)N1CCC[C@H]1c1ncc(F)cn1. The molecule has 2 rings (SSSR count). The summed E-state index contributed by atoms with van der Waals surface area (Å²) in [5, 5.41) is 0. The maximum Gasteiger partial charge on any atom is 0.159 e. The Morgan fingerprint density at radius 2 is 2.07 bits per heavy atom. The van der Waals surface area contributed by atoms with E-state index < -0.39 is 0 Å². The monoisotopic (exact) mass is 209 g/mol. The fraction of sp³-hybridized carbons (Fsp3) is 0.636. The second-order valence-corrected chi connectivity index (χ2v) is 4.25. The zero-order valence-corrected chi connectivity index (χ0v) is 9.15. The van der Waals surface area contributed by atoms with E-state index in [1.54, 1.807) is 0 Å². The van der Waals surface area contributed by atoms with Gasteiger partial charge in [0.05, 0.1) is 18.4 Å². The van der Waals surface area contributed by atoms with Gasteiger partial charge in [0.1, 0.15) is 5.82 Å². The van der Waals surface area contributed by atoms with Crippen LogP contribution in [0.5, 0.6) is 0 Å². The molecule has 0 unspecified atom stereocenters. The Kier molecular flexibility index (Phi) is 2.95. The van der Waals surface area contributed by atoms with Gasteiger partial charge in [0.25, 0.3) is 0 Å². The van der Waals surface area contributed by atoms with Crippen molar-refractivity contribution in [3.05, 3.63) is 24.0 Å². The van der Waals surface area contributed by atoms with Gasteiger partial charge in [-0.2, -0.15) is 0 Å². The van der Waals surface area contributed by atoms with Crippen LogP contribution in [0.1, 0.15) is 38.6 Å². The third-order valence-corrected chi connectivity index (χ3v) is 2.90. The lowest BCUT2D eigenvalue weighted by Crippen LogP contribution is -2.31. The highest BCUT2D eigenvalue weighted by Gasteiger charge is 2.29. The van der Waals surface area contributed by atoms with Gasteiger partial charge in [0.2, 0.25) is 0 Å². The molecule has 0 N–H and O–H groups in total. The van der Waals surface area contributed by atoms with Crippen molar-refractivity contribution in [2.75, 3.05) is 6.54 Å². The maximum absolute atomic E-state index is 12.7. The van der Waals surface area contributed by atoms with Gasteiger partial charge in [-0.25, -0.2) is 14.4 Å². The van der Waals surface area contributed by atoms with Crippen LogP contribution < -0.4 is 0 Å². The van der Waals surface area contributed by atoms with Crippen molar-refractivity contribution in [3.63, 3.8) is 0 Å². The highest BCUT2D eigenvalue weighted by molar-refractivity contribution is 5.00. The van der Waals surface area contributed by atoms with Crippen molar-refractivity contribution in [1.29, 1.82) is 0 Å². The Morgan fingerprint density at radius 1 is 1.40 bits per heavy atom. The largest absolute Gasteiger partial charge is 0.291 e. The van der Waals surface area contributed by atoms with Crippen LogP contribution in [0.4, 0.5) is 4.39 Å². The topological polar surface area (TPSA) is 29.0 Å². The molecular weight excluding hydrogens is 193 g/mol. The minimum atomic E-state index is -0.368. The molecule has 3 nitrogen and oxygen atoms in total. The van der Waals surface area contributed by atoms with Crippen molar-refractivity contribution >= 4 is 0 Å². The van der Waals surface area contributed by atoms with Gasteiger partial charge < -0.3 is 0 Å². The van der Waals surface area contributed by atoms with Crippen LogP contribution in [0.15, 0.2) is 12.4 Å². The average Bonchev–Trinajstić information content (AvgIpc) is 2.67. The highest BCUT2D eigenvalue weighted by atomic mass is 19.1. The van der Waals surface area contributed by atoms with Crippen molar-refractivity contribution < 1.29 is 4.39 Å². The summed E-state index contributed by atoms with van der Waals surface area (Å²) in [6.45, 7) is 5.42. The Bertz CT molecular complexity index is 323. The smallest absolute Gasteiger partial charge is 0.159 e. The van der Waals surface area contributed by atoms with Gasteiger partial charge in [-0.05, 0) is 33.2 Å². The summed E-state index contributed by atoms with van der Waals surface area (Å²) in [7, 11) is 0. The average molecular weight is 209 g/mol. The Labute approximate surface area is 89.3 Å². The zero-order valence-electron chi connectivity index (χ0n) is 9.15. The molecule has 1 fully saturated rings. The molecule has 82 valence electrons. The molecule has 2 heterocycles. The van der Waals surface area contributed by atoms with Crippen LogP contribution in [0, 0.1) is 5.82 Å². The Hall–Kier alpha value is -1.03. The summed E-state index contributed by atoms with van der Waals surface area (Å²) in [5.41, 5.74) is 0. The molecule has 1 aliphatic rings. The molecular formula is C11H16FN3. The first-order chi connectivity index (χ1) is 7.18. The predicted molar refractivity (Wildman–Crippen MR) is 55.8 cm³/mol. The second-order valence-electron chi connectivity index (χ2n) is 4.25. The molecule has 1 saturated heterocycles. The molecule has 0 aromatic carbocycles. The van der Waals surface area contributed by atoms with Crippen LogP contribution in [-0.2, 0) is 0 Å². The Balaban J connectivity index is 2.19. The normalized spacial score (nSPS) is 22.5. The van der Waals surface area contributed by atoms with Crippen molar-refractivity contribution in [2.45, 2.75) is 38.8 Å². The van der Waals surface area contributed by atoms with Gasteiger partial charge in [-0.1, -0.05) is 0 Å². The van der Waals surface area contributed by atoms with E-state index in [0.29, 0.717) is 6.04 Å². The first-order valence-corrected chi connectivity index (χ1v) is 5.41. The second kappa shape index (κ2) is 4.23. The molecule has 0 saturated carbocycles.